The van der Waals surface area contributed by atoms with Gasteiger partial charge in [-0.1, -0.05) is 18.2 Å². The van der Waals surface area contributed by atoms with Crippen LogP contribution in [0.3, 0.4) is 0 Å². The largest absolute Gasteiger partial charge is 0.350 e. The van der Waals surface area contributed by atoms with Crippen LogP contribution in [0.15, 0.2) is 65.8 Å². The summed E-state index contributed by atoms with van der Waals surface area (Å²) < 4.78 is 3.23. The second-order valence-electron chi connectivity index (χ2n) is 5.99. The number of hydrogen-bond acceptors (Lipinski definition) is 4. The molecule has 0 saturated carbocycles. The minimum atomic E-state index is -0.137. The van der Waals surface area contributed by atoms with Crippen LogP contribution in [-0.2, 0) is 17.9 Å². The summed E-state index contributed by atoms with van der Waals surface area (Å²) in [6.07, 6.45) is 3.55. The summed E-state index contributed by atoms with van der Waals surface area (Å²) >= 11 is 0. The molecule has 3 heterocycles. The second-order valence-corrected chi connectivity index (χ2v) is 5.99. The Hall–Kier alpha value is -3.48. The van der Waals surface area contributed by atoms with E-state index in [9.17, 15) is 9.59 Å². The highest BCUT2D eigenvalue weighted by Gasteiger charge is 2.07. The average molecular weight is 347 g/mol. The molecule has 26 heavy (non-hydrogen) atoms. The van der Waals surface area contributed by atoms with Crippen molar-refractivity contribution in [2.24, 2.45) is 0 Å². The van der Waals surface area contributed by atoms with E-state index >= 15 is 0 Å². The molecule has 130 valence electrons. The number of aryl methyl sites for hydroxylation is 1. The molecule has 3 aromatic heterocycles. The number of amides is 1. The van der Waals surface area contributed by atoms with E-state index in [0.717, 1.165) is 11.2 Å². The Morgan fingerprint density at radius 2 is 1.96 bits per heavy atom. The third-order valence-corrected chi connectivity index (χ3v) is 4.20. The van der Waals surface area contributed by atoms with Crippen LogP contribution >= 0.6 is 0 Å². The summed E-state index contributed by atoms with van der Waals surface area (Å²) in [6.45, 7) is 0.638. The lowest BCUT2D eigenvalue weighted by molar-refractivity contribution is -0.121. The van der Waals surface area contributed by atoms with Gasteiger partial charge in [0.05, 0.1) is 35.0 Å². The molecule has 0 aliphatic heterocycles. The van der Waals surface area contributed by atoms with Gasteiger partial charge in [0.25, 0.3) is 5.56 Å². The van der Waals surface area contributed by atoms with Crippen molar-refractivity contribution in [2.75, 3.05) is 0 Å². The summed E-state index contributed by atoms with van der Waals surface area (Å²) in [5.41, 5.74) is 2.29. The van der Waals surface area contributed by atoms with Gasteiger partial charge in [0.1, 0.15) is 0 Å². The first kappa shape index (κ1) is 16.0. The Kier molecular flexibility index (Phi) is 4.18. The van der Waals surface area contributed by atoms with Crippen molar-refractivity contribution >= 4 is 22.3 Å². The molecule has 7 heteroatoms. The summed E-state index contributed by atoms with van der Waals surface area (Å²) in [5.74, 6) is -0.137. The number of carbonyl (C=O) groups is 1. The van der Waals surface area contributed by atoms with Crippen LogP contribution in [0.2, 0.25) is 0 Å². The molecule has 1 N–H and O–H groups in total. The fourth-order valence-corrected chi connectivity index (χ4v) is 2.84. The number of para-hydroxylation sites is 1. The molecule has 1 amide bonds. The molecular weight excluding hydrogens is 330 g/mol. The van der Waals surface area contributed by atoms with Gasteiger partial charge in [-0.2, -0.15) is 5.10 Å². The standard InChI is InChI=1S/C19H17N5O2/c25-18(20-12-14-11-15-5-3-4-9-24(15)22-14)8-10-23-13-21-17-7-2-1-6-16(17)19(23)26/h1-7,9,11,13H,8,10,12H2,(H,20,25). The maximum atomic E-state index is 12.4. The highest BCUT2D eigenvalue weighted by Crippen LogP contribution is 2.06. The third-order valence-electron chi connectivity index (χ3n) is 4.20. The number of pyridine rings is 1. The van der Waals surface area contributed by atoms with Crippen molar-refractivity contribution in [3.63, 3.8) is 0 Å². The lowest BCUT2D eigenvalue weighted by Gasteiger charge is -2.07. The SMILES string of the molecule is O=C(CCn1cnc2ccccc2c1=O)NCc1cc2ccccn2n1. The zero-order valence-corrected chi connectivity index (χ0v) is 14.0. The number of aromatic nitrogens is 4. The van der Waals surface area contributed by atoms with E-state index in [1.165, 1.54) is 10.9 Å². The first-order valence-electron chi connectivity index (χ1n) is 8.35. The number of rotatable bonds is 5. The average Bonchev–Trinajstić information content (AvgIpc) is 3.09. The molecule has 0 bridgehead atoms. The zero-order chi connectivity index (χ0) is 17.9. The maximum Gasteiger partial charge on any atom is 0.261 e. The van der Waals surface area contributed by atoms with Crippen LogP contribution in [-0.4, -0.2) is 25.1 Å². The van der Waals surface area contributed by atoms with E-state index in [1.54, 1.807) is 22.7 Å². The molecular formula is C19H17N5O2. The van der Waals surface area contributed by atoms with Crippen molar-refractivity contribution in [3.05, 3.63) is 77.1 Å². The number of benzene rings is 1. The topological polar surface area (TPSA) is 81.3 Å². The van der Waals surface area contributed by atoms with Crippen LogP contribution in [0.5, 0.6) is 0 Å². The van der Waals surface area contributed by atoms with Crippen molar-refractivity contribution < 1.29 is 4.79 Å². The number of carbonyl (C=O) groups excluding carboxylic acids is 1. The predicted octanol–water partition coefficient (Wildman–Crippen LogP) is 1.75. The Labute approximate surface area is 148 Å². The maximum absolute atomic E-state index is 12.4. The van der Waals surface area contributed by atoms with Crippen molar-refractivity contribution in [3.8, 4) is 0 Å². The molecule has 4 aromatic rings. The van der Waals surface area contributed by atoms with E-state index in [0.29, 0.717) is 17.4 Å². The van der Waals surface area contributed by atoms with E-state index in [2.05, 4.69) is 15.4 Å². The Morgan fingerprint density at radius 1 is 1.12 bits per heavy atom. The summed E-state index contributed by atoms with van der Waals surface area (Å²) in [4.78, 5) is 28.8. The molecule has 7 nitrogen and oxygen atoms in total. The van der Waals surface area contributed by atoms with Gasteiger partial charge in [-0.25, -0.2) is 9.50 Å². The number of nitrogens with one attached hydrogen (secondary N) is 1. The predicted molar refractivity (Wildman–Crippen MR) is 97.7 cm³/mol. The van der Waals surface area contributed by atoms with E-state index in [4.69, 9.17) is 0 Å². The van der Waals surface area contributed by atoms with Gasteiger partial charge < -0.3 is 5.32 Å². The highest BCUT2D eigenvalue weighted by molar-refractivity contribution is 5.77. The van der Waals surface area contributed by atoms with Gasteiger partial charge >= 0.3 is 0 Å². The summed E-state index contributed by atoms with van der Waals surface area (Å²) in [5, 5.41) is 7.78. The van der Waals surface area contributed by atoms with Gasteiger partial charge in [0.2, 0.25) is 5.91 Å². The molecule has 0 spiro atoms. The van der Waals surface area contributed by atoms with Crippen molar-refractivity contribution in [1.82, 2.24) is 24.5 Å². The molecule has 0 unspecified atom stereocenters. The van der Waals surface area contributed by atoms with E-state index in [-0.39, 0.29) is 24.4 Å². The first-order valence-corrected chi connectivity index (χ1v) is 8.35. The van der Waals surface area contributed by atoms with Gasteiger partial charge in [-0.05, 0) is 30.3 Å². The fourth-order valence-electron chi connectivity index (χ4n) is 2.84. The van der Waals surface area contributed by atoms with Crippen LogP contribution in [0, 0.1) is 0 Å². The van der Waals surface area contributed by atoms with Crippen molar-refractivity contribution in [2.45, 2.75) is 19.5 Å². The Bertz CT molecular complexity index is 1110. The van der Waals surface area contributed by atoms with Gasteiger partial charge in [-0.15, -0.1) is 0 Å². The Balaban J connectivity index is 1.38. The Morgan fingerprint density at radius 3 is 2.85 bits per heavy atom. The molecule has 0 radical (unpaired) electrons. The minimum Gasteiger partial charge on any atom is -0.350 e. The molecule has 0 saturated heterocycles. The van der Waals surface area contributed by atoms with Gasteiger partial charge in [0, 0.05) is 19.2 Å². The zero-order valence-electron chi connectivity index (χ0n) is 14.0. The smallest absolute Gasteiger partial charge is 0.261 e. The van der Waals surface area contributed by atoms with E-state index in [1.807, 2.05) is 36.5 Å². The molecule has 4 rings (SSSR count). The van der Waals surface area contributed by atoms with Gasteiger partial charge in [0.15, 0.2) is 0 Å². The molecule has 0 aliphatic carbocycles. The second kappa shape index (κ2) is 6.79. The normalized spacial score (nSPS) is 11.1. The van der Waals surface area contributed by atoms with Crippen LogP contribution in [0.25, 0.3) is 16.4 Å². The van der Waals surface area contributed by atoms with Gasteiger partial charge in [-0.3, -0.25) is 14.2 Å². The molecule has 0 aliphatic rings. The minimum absolute atomic E-state index is 0.135. The number of nitrogens with zero attached hydrogens (tertiary/aromatic N) is 4. The third kappa shape index (κ3) is 3.19. The van der Waals surface area contributed by atoms with Crippen LogP contribution in [0.1, 0.15) is 12.1 Å². The quantitative estimate of drug-likeness (QED) is 0.596. The number of fused-ring (bicyclic) bond motifs is 2. The van der Waals surface area contributed by atoms with Crippen LogP contribution in [0.4, 0.5) is 0 Å². The fraction of sp³-hybridized carbons (Fsp3) is 0.158. The molecule has 0 fully saturated rings. The monoisotopic (exact) mass is 347 g/mol. The summed E-state index contributed by atoms with van der Waals surface area (Å²) in [6, 6.07) is 14.9. The lowest BCUT2D eigenvalue weighted by atomic mass is 10.2. The molecule has 1 aromatic carbocycles. The lowest BCUT2D eigenvalue weighted by Crippen LogP contribution is -2.27. The first-order chi connectivity index (χ1) is 12.7. The van der Waals surface area contributed by atoms with Crippen molar-refractivity contribution in [1.29, 1.82) is 0 Å². The molecule has 0 atom stereocenters. The van der Waals surface area contributed by atoms with E-state index < -0.39 is 0 Å². The van der Waals surface area contributed by atoms with Crippen LogP contribution < -0.4 is 10.9 Å². The highest BCUT2D eigenvalue weighted by atomic mass is 16.1. The summed E-state index contributed by atoms with van der Waals surface area (Å²) in [7, 11) is 0. The number of hydrogen-bond donors (Lipinski definition) is 1.